The number of aromatic nitrogens is 3. The van der Waals surface area contributed by atoms with Crippen LogP contribution in [0.3, 0.4) is 0 Å². The van der Waals surface area contributed by atoms with Gasteiger partial charge in [-0.1, -0.05) is 188 Å². The largest absolute Gasteiger partial charge is 0.449 e. The van der Waals surface area contributed by atoms with Crippen molar-refractivity contribution in [2.75, 3.05) is 0 Å². The van der Waals surface area contributed by atoms with Gasteiger partial charge in [0.25, 0.3) is 0 Å². The molecule has 5 heteroatoms. The highest BCUT2D eigenvalue weighted by atomic mass is 16.6. The third-order valence-corrected chi connectivity index (χ3v) is 13.0. The summed E-state index contributed by atoms with van der Waals surface area (Å²) in [5, 5.41) is 4.77. The molecule has 10 aromatic carbocycles. The molecule has 0 saturated carbocycles. The molecule has 2 heterocycles. The van der Waals surface area contributed by atoms with Crippen molar-refractivity contribution in [3.63, 3.8) is 0 Å². The fourth-order valence-corrected chi connectivity index (χ4v) is 10.0. The van der Waals surface area contributed by atoms with E-state index in [0.717, 1.165) is 44.3 Å². The summed E-state index contributed by atoms with van der Waals surface area (Å²) in [7, 11) is 0. The Bertz CT molecular complexity index is 3620. The fraction of sp³-hybridized carbons (Fsp3) is 0.0167. The quantitative estimate of drug-likeness (QED) is 0.156. The highest BCUT2D eigenvalue weighted by Crippen LogP contribution is 2.60. The lowest BCUT2D eigenvalue weighted by molar-refractivity contribution is 0.359. The minimum atomic E-state index is -0.548. The van der Waals surface area contributed by atoms with Crippen LogP contribution in [0.25, 0.3) is 78.0 Å². The molecule has 0 radical (unpaired) electrons. The lowest BCUT2D eigenvalue weighted by atomic mass is 9.67. The smallest absolute Gasteiger partial charge is 0.170 e. The lowest BCUT2D eigenvalue weighted by Crippen LogP contribution is -2.28. The van der Waals surface area contributed by atoms with E-state index in [1.165, 1.54) is 38.4 Å². The van der Waals surface area contributed by atoms with Gasteiger partial charge in [0.15, 0.2) is 40.5 Å². The van der Waals surface area contributed by atoms with E-state index in [9.17, 15) is 0 Å². The summed E-state index contributed by atoms with van der Waals surface area (Å²) in [6.07, 6.45) is 0. The van der Waals surface area contributed by atoms with Crippen molar-refractivity contribution in [2.24, 2.45) is 0 Å². The Morgan fingerprint density at radius 1 is 0.292 bits per heavy atom. The Morgan fingerprint density at radius 3 is 1.62 bits per heavy atom. The second-order valence-electron chi connectivity index (χ2n) is 16.7. The molecule has 0 unspecified atom stereocenters. The van der Waals surface area contributed by atoms with Gasteiger partial charge in [-0.25, -0.2) is 15.0 Å². The van der Waals surface area contributed by atoms with Crippen LogP contribution in [0.2, 0.25) is 0 Å². The SMILES string of the molecule is c1ccc(-c2nc(-c3cccc(-c4ccc5c(c4)Oc4cc6c(cc4O5)-c4ccccc4C6(c4ccccc4)c4ccccc4)c3)nc(-c3ccc4c(ccc5ccccc54)c3)n2)cc1. The molecule has 1 aliphatic heterocycles. The van der Waals surface area contributed by atoms with Crippen molar-refractivity contribution in [1.29, 1.82) is 0 Å². The summed E-state index contributed by atoms with van der Waals surface area (Å²) in [4.78, 5) is 15.2. The van der Waals surface area contributed by atoms with E-state index in [4.69, 9.17) is 24.4 Å². The highest BCUT2D eigenvalue weighted by Gasteiger charge is 2.47. The topological polar surface area (TPSA) is 57.1 Å². The van der Waals surface area contributed by atoms with E-state index >= 15 is 0 Å². The third-order valence-electron chi connectivity index (χ3n) is 13.0. The van der Waals surface area contributed by atoms with Gasteiger partial charge in [-0.3, -0.25) is 0 Å². The Morgan fingerprint density at radius 2 is 0.831 bits per heavy atom. The van der Waals surface area contributed by atoms with Crippen molar-refractivity contribution in [2.45, 2.75) is 5.41 Å². The molecule has 2 aliphatic rings. The predicted octanol–water partition coefficient (Wildman–Crippen LogP) is 15.1. The van der Waals surface area contributed by atoms with Gasteiger partial charge in [-0.05, 0) is 102 Å². The molecule has 0 bridgehead atoms. The number of hydrogen-bond acceptors (Lipinski definition) is 5. The number of nitrogens with zero attached hydrogens (tertiary/aromatic N) is 3. The zero-order valence-electron chi connectivity index (χ0n) is 35.0. The van der Waals surface area contributed by atoms with Crippen LogP contribution in [0.15, 0.2) is 224 Å². The normalized spacial score (nSPS) is 13.0. The maximum absolute atomic E-state index is 6.87. The molecule has 0 atom stereocenters. The number of hydrogen-bond donors (Lipinski definition) is 0. The molecule has 65 heavy (non-hydrogen) atoms. The zero-order valence-corrected chi connectivity index (χ0v) is 35.0. The molecule has 5 nitrogen and oxygen atoms in total. The highest BCUT2D eigenvalue weighted by molar-refractivity contribution is 6.08. The molecule has 1 aliphatic carbocycles. The molecule has 0 N–H and O–H groups in total. The van der Waals surface area contributed by atoms with Gasteiger partial charge in [-0.15, -0.1) is 0 Å². The van der Waals surface area contributed by atoms with Gasteiger partial charge in [0, 0.05) is 16.7 Å². The van der Waals surface area contributed by atoms with E-state index in [0.29, 0.717) is 40.5 Å². The van der Waals surface area contributed by atoms with Crippen LogP contribution in [0.1, 0.15) is 22.3 Å². The first-order chi connectivity index (χ1) is 32.2. The Labute approximate surface area is 375 Å². The number of fused-ring (bicyclic) bond motifs is 8. The van der Waals surface area contributed by atoms with Gasteiger partial charge in [-0.2, -0.15) is 0 Å². The van der Waals surface area contributed by atoms with Gasteiger partial charge in [0.05, 0.1) is 5.41 Å². The first kappa shape index (κ1) is 36.9. The standard InChI is InChI=1S/C60H37N3O2/c1-4-16-39(17-5-1)57-61-58(63-59(62-57)44-29-31-48-42(34-44)28-27-38-15-10-11-24-47(38)48)43-19-14-18-40(33-43)41-30-32-53-54(35-41)65-56-37-52-50(36-55(56)64-53)49-25-12-13-26-51(49)60(52,45-20-6-2-7-21-45)46-22-8-3-9-23-46/h1-37H. The summed E-state index contributed by atoms with van der Waals surface area (Å²) in [5.41, 5.74) is 11.3. The number of benzene rings is 10. The molecular weight excluding hydrogens is 795 g/mol. The van der Waals surface area contributed by atoms with E-state index < -0.39 is 5.41 Å². The Balaban J connectivity index is 0.885. The third kappa shape index (κ3) is 5.97. The average Bonchev–Trinajstić information content (AvgIpc) is 3.67. The number of rotatable bonds is 6. The van der Waals surface area contributed by atoms with Crippen LogP contribution >= 0.6 is 0 Å². The van der Waals surface area contributed by atoms with Crippen molar-refractivity contribution < 1.29 is 9.47 Å². The number of ether oxygens (including phenoxy) is 2. The molecule has 304 valence electrons. The first-order valence-corrected chi connectivity index (χ1v) is 21.9. The van der Waals surface area contributed by atoms with E-state index in [2.05, 4.69) is 188 Å². The van der Waals surface area contributed by atoms with E-state index in [1.807, 2.05) is 36.4 Å². The molecule has 0 spiro atoms. The van der Waals surface area contributed by atoms with Crippen LogP contribution < -0.4 is 9.47 Å². The maximum atomic E-state index is 6.87. The summed E-state index contributed by atoms with van der Waals surface area (Å²) < 4.78 is 13.6. The van der Waals surface area contributed by atoms with Gasteiger partial charge < -0.3 is 9.47 Å². The predicted molar refractivity (Wildman–Crippen MR) is 260 cm³/mol. The van der Waals surface area contributed by atoms with Crippen molar-refractivity contribution in [3.05, 3.63) is 247 Å². The molecule has 1 aromatic heterocycles. The Kier molecular flexibility index (Phi) is 8.36. The van der Waals surface area contributed by atoms with Crippen molar-refractivity contribution in [1.82, 2.24) is 15.0 Å². The molecule has 0 fully saturated rings. The minimum Gasteiger partial charge on any atom is -0.449 e. The van der Waals surface area contributed by atoms with Gasteiger partial charge in [0.2, 0.25) is 0 Å². The summed E-state index contributed by atoms with van der Waals surface area (Å²) in [5.74, 6) is 4.52. The van der Waals surface area contributed by atoms with Crippen LogP contribution in [0.5, 0.6) is 23.0 Å². The van der Waals surface area contributed by atoms with Crippen LogP contribution in [-0.2, 0) is 5.41 Å². The van der Waals surface area contributed by atoms with Crippen LogP contribution in [0, 0.1) is 0 Å². The van der Waals surface area contributed by atoms with Crippen molar-refractivity contribution in [3.8, 4) is 79.4 Å². The first-order valence-electron chi connectivity index (χ1n) is 21.9. The monoisotopic (exact) mass is 831 g/mol. The second kappa shape index (κ2) is 14.7. The summed E-state index contributed by atoms with van der Waals surface area (Å²) in [6.45, 7) is 0. The maximum Gasteiger partial charge on any atom is 0.170 e. The van der Waals surface area contributed by atoms with E-state index in [1.54, 1.807) is 0 Å². The lowest BCUT2D eigenvalue weighted by Gasteiger charge is -2.34. The summed E-state index contributed by atoms with van der Waals surface area (Å²) >= 11 is 0. The van der Waals surface area contributed by atoms with Gasteiger partial charge >= 0.3 is 0 Å². The molecule has 11 aromatic rings. The molecule has 0 amide bonds. The van der Waals surface area contributed by atoms with Gasteiger partial charge in [0.1, 0.15) is 0 Å². The van der Waals surface area contributed by atoms with Crippen LogP contribution in [0.4, 0.5) is 0 Å². The second-order valence-corrected chi connectivity index (χ2v) is 16.7. The Hall–Kier alpha value is -8.67. The minimum absolute atomic E-state index is 0.548. The molecule has 0 saturated heterocycles. The summed E-state index contributed by atoms with van der Waals surface area (Å²) in [6, 6.07) is 78.6. The average molecular weight is 832 g/mol. The van der Waals surface area contributed by atoms with Crippen LogP contribution in [-0.4, -0.2) is 15.0 Å². The molecule has 13 rings (SSSR count). The van der Waals surface area contributed by atoms with E-state index in [-0.39, 0.29) is 0 Å². The molecular formula is C60H37N3O2. The van der Waals surface area contributed by atoms with Crippen molar-refractivity contribution >= 4 is 21.5 Å². The fourth-order valence-electron chi connectivity index (χ4n) is 10.0. The zero-order chi connectivity index (χ0) is 42.9.